The molecule has 0 saturated heterocycles. The summed E-state index contributed by atoms with van der Waals surface area (Å²) in [6.07, 6.45) is 4.92. The summed E-state index contributed by atoms with van der Waals surface area (Å²) in [4.78, 5) is 11.1. The molecule has 0 fully saturated rings. The highest BCUT2D eigenvalue weighted by molar-refractivity contribution is 7.71. The molecular formula is C15H13NO2S. The number of esters is 1. The molecule has 0 aliphatic carbocycles. The van der Waals surface area contributed by atoms with Crippen LogP contribution in [0.4, 0.5) is 0 Å². The molecule has 0 unspecified atom stereocenters. The second-order valence-electron chi connectivity index (χ2n) is 3.83. The van der Waals surface area contributed by atoms with Gasteiger partial charge in [0.05, 0.1) is 7.11 Å². The second-order valence-corrected chi connectivity index (χ2v) is 4.22. The van der Waals surface area contributed by atoms with Gasteiger partial charge in [0.15, 0.2) is 0 Å². The Morgan fingerprint density at radius 1 is 1.21 bits per heavy atom. The Morgan fingerprint density at radius 3 is 2.63 bits per heavy atom. The van der Waals surface area contributed by atoms with Crippen LogP contribution in [0, 0.1) is 4.64 Å². The Labute approximate surface area is 116 Å². The molecule has 0 N–H and O–H groups in total. The van der Waals surface area contributed by atoms with E-state index in [4.69, 9.17) is 12.2 Å². The molecule has 19 heavy (non-hydrogen) atoms. The number of hydrogen-bond acceptors (Lipinski definition) is 3. The Hall–Kier alpha value is -2.20. The summed E-state index contributed by atoms with van der Waals surface area (Å²) in [5, 5.41) is 0. The third kappa shape index (κ3) is 3.17. The summed E-state index contributed by atoms with van der Waals surface area (Å²) in [5.74, 6) is -0.399. The van der Waals surface area contributed by atoms with E-state index in [0.717, 1.165) is 11.3 Å². The first kappa shape index (κ1) is 13.2. The predicted octanol–water partition coefficient (Wildman–Crippen LogP) is 3.39. The van der Waals surface area contributed by atoms with Crippen molar-refractivity contribution in [3.8, 4) is 5.69 Å². The topological polar surface area (TPSA) is 31.2 Å². The number of carbonyl (C=O) groups excluding carboxylic acids is 1. The zero-order valence-electron chi connectivity index (χ0n) is 10.4. The highest BCUT2D eigenvalue weighted by Crippen LogP contribution is 2.12. The number of pyridine rings is 1. The van der Waals surface area contributed by atoms with Crippen molar-refractivity contribution in [1.82, 2.24) is 4.57 Å². The standard InChI is InChI=1S/C15H13NO2S/c1-18-14(17)10-9-12-6-5-11-16(15(12)19)13-7-3-2-4-8-13/h2-11H,1H3/b10-9+. The van der Waals surface area contributed by atoms with Gasteiger partial charge in [0.2, 0.25) is 0 Å². The zero-order valence-corrected chi connectivity index (χ0v) is 11.3. The van der Waals surface area contributed by atoms with Crippen molar-refractivity contribution in [3.63, 3.8) is 0 Å². The fourth-order valence-corrected chi connectivity index (χ4v) is 1.96. The number of carbonyl (C=O) groups is 1. The van der Waals surface area contributed by atoms with Crippen molar-refractivity contribution in [1.29, 1.82) is 0 Å². The largest absolute Gasteiger partial charge is 0.466 e. The van der Waals surface area contributed by atoms with Crippen LogP contribution in [0.25, 0.3) is 11.8 Å². The number of methoxy groups -OCH3 is 1. The normalized spacial score (nSPS) is 10.6. The quantitative estimate of drug-likeness (QED) is 0.487. The zero-order chi connectivity index (χ0) is 13.7. The van der Waals surface area contributed by atoms with Gasteiger partial charge in [0.25, 0.3) is 0 Å². The van der Waals surface area contributed by atoms with Gasteiger partial charge in [-0.15, -0.1) is 0 Å². The third-order valence-electron chi connectivity index (χ3n) is 2.61. The lowest BCUT2D eigenvalue weighted by Gasteiger charge is -2.08. The van der Waals surface area contributed by atoms with Crippen LogP contribution in [-0.4, -0.2) is 17.6 Å². The van der Waals surface area contributed by atoms with E-state index in [1.54, 1.807) is 6.08 Å². The summed E-state index contributed by atoms with van der Waals surface area (Å²) < 4.78 is 7.10. The maximum atomic E-state index is 11.1. The molecule has 0 radical (unpaired) electrons. The van der Waals surface area contributed by atoms with Crippen molar-refractivity contribution in [2.24, 2.45) is 0 Å². The van der Waals surface area contributed by atoms with E-state index in [1.165, 1.54) is 13.2 Å². The first-order valence-electron chi connectivity index (χ1n) is 5.75. The van der Waals surface area contributed by atoms with Crippen molar-refractivity contribution < 1.29 is 9.53 Å². The SMILES string of the molecule is COC(=O)/C=C/c1cccn(-c2ccccc2)c1=S. The number of rotatable bonds is 3. The van der Waals surface area contributed by atoms with Crippen LogP contribution < -0.4 is 0 Å². The lowest BCUT2D eigenvalue weighted by Crippen LogP contribution is -1.98. The number of nitrogens with zero attached hydrogens (tertiary/aromatic N) is 1. The highest BCUT2D eigenvalue weighted by atomic mass is 32.1. The van der Waals surface area contributed by atoms with Crippen LogP contribution in [0.3, 0.4) is 0 Å². The van der Waals surface area contributed by atoms with E-state index in [2.05, 4.69) is 4.74 Å². The number of para-hydroxylation sites is 1. The van der Waals surface area contributed by atoms with Crippen molar-refractivity contribution >= 4 is 24.3 Å². The van der Waals surface area contributed by atoms with Crippen LogP contribution >= 0.6 is 12.2 Å². The maximum absolute atomic E-state index is 11.1. The molecule has 1 heterocycles. The molecule has 4 heteroatoms. The van der Waals surface area contributed by atoms with Gasteiger partial charge in [0.1, 0.15) is 4.64 Å². The van der Waals surface area contributed by atoms with Gasteiger partial charge in [-0.05, 0) is 24.3 Å². The minimum Gasteiger partial charge on any atom is -0.466 e. The molecule has 1 aromatic heterocycles. The molecule has 0 aliphatic heterocycles. The molecule has 0 saturated carbocycles. The van der Waals surface area contributed by atoms with Gasteiger partial charge in [-0.2, -0.15) is 0 Å². The predicted molar refractivity (Wildman–Crippen MR) is 77.7 cm³/mol. The highest BCUT2D eigenvalue weighted by Gasteiger charge is 1.99. The fourth-order valence-electron chi connectivity index (χ4n) is 1.66. The molecule has 2 rings (SSSR count). The van der Waals surface area contributed by atoms with Gasteiger partial charge in [-0.25, -0.2) is 4.79 Å². The maximum Gasteiger partial charge on any atom is 0.330 e. The first-order valence-corrected chi connectivity index (χ1v) is 6.16. The van der Waals surface area contributed by atoms with Gasteiger partial charge in [-0.3, -0.25) is 0 Å². The Kier molecular flexibility index (Phi) is 4.26. The van der Waals surface area contributed by atoms with Crippen molar-refractivity contribution in [2.45, 2.75) is 0 Å². The average Bonchev–Trinajstić information content (AvgIpc) is 2.46. The smallest absolute Gasteiger partial charge is 0.330 e. The van der Waals surface area contributed by atoms with E-state index in [1.807, 2.05) is 53.2 Å². The Balaban J connectivity index is 2.42. The van der Waals surface area contributed by atoms with Crippen LogP contribution in [0.2, 0.25) is 0 Å². The third-order valence-corrected chi connectivity index (χ3v) is 3.04. The molecular weight excluding hydrogens is 258 g/mol. The van der Waals surface area contributed by atoms with Crippen LogP contribution in [0.15, 0.2) is 54.7 Å². The lowest BCUT2D eigenvalue weighted by molar-refractivity contribution is -0.134. The molecule has 96 valence electrons. The molecule has 1 aromatic carbocycles. The molecule has 0 atom stereocenters. The summed E-state index contributed by atoms with van der Waals surface area (Å²) >= 11 is 5.42. The molecule has 2 aromatic rings. The molecule has 0 amide bonds. The molecule has 3 nitrogen and oxygen atoms in total. The summed E-state index contributed by atoms with van der Waals surface area (Å²) in [6, 6.07) is 13.6. The lowest BCUT2D eigenvalue weighted by atomic mass is 10.2. The molecule has 0 bridgehead atoms. The molecule has 0 spiro atoms. The van der Waals surface area contributed by atoms with Gasteiger partial charge >= 0.3 is 5.97 Å². The van der Waals surface area contributed by atoms with Crippen LogP contribution in [0.1, 0.15) is 5.56 Å². The van der Waals surface area contributed by atoms with E-state index >= 15 is 0 Å². The van der Waals surface area contributed by atoms with E-state index in [-0.39, 0.29) is 0 Å². The minimum atomic E-state index is -0.399. The number of aromatic nitrogens is 1. The van der Waals surface area contributed by atoms with Crippen molar-refractivity contribution in [3.05, 3.63) is 64.9 Å². The minimum absolute atomic E-state index is 0.399. The van der Waals surface area contributed by atoms with E-state index < -0.39 is 5.97 Å². The monoisotopic (exact) mass is 271 g/mol. The van der Waals surface area contributed by atoms with Crippen LogP contribution in [0.5, 0.6) is 0 Å². The van der Waals surface area contributed by atoms with Gasteiger partial charge in [0, 0.05) is 23.5 Å². The molecule has 0 aliphatic rings. The van der Waals surface area contributed by atoms with Crippen molar-refractivity contribution in [2.75, 3.05) is 7.11 Å². The van der Waals surface area contributed by atoms with Gasteiger partial charge < -0.3 is 9.30 Å². The number of hydrogen-bond donors (Lipinski definition) is 0. The number of benzene rings is 1. The Bertz CT molecular complexity index is 659. The van der Waals surface area contributed by atoms with Crippen LogP contribution in [-0.2, 0) is 9.53 Å². The fraction of sp³-hybridized carbons (Fsp3) is 0.0667. The number of ether oxygens (including phenoxy) is 1. The summed E-state index contributed by atoms with van der Waals surface area (Å²) in [6.45, 7) is 0. The first-order chi connectivity index (χ1) is 9.22. The summed E-state index contributed by atoms with van der Waals surface area (Å²) in [7, 11) is 1.34. The van der Waals surface area contributed by atoms with Gasteiger partial charge in [-0.1, -0.05) is 36.5 Å². The second kappa shape index (κ2) is 6.11. The van der Waals surface area contributed by atoms with E-state index in [9.17, 15) is 4.79 Å². The average molecular weight is 271 g/mol. The van der Waals surface area contributed by atoms with E-state index in [0.29, 0.717) is 4.64 Å². The Morgan fingerprint density at radius 2 is 1.95 bits per heavy atom. The summed E-state index contributed by atoms with van der Waals surface area (Å²) in [5.41, 5.74) is 1.78.